The third-order valence-corrected chi connectivity index (χ3v) is 7.76. The maximum Gasteiger partial charge on any atom is 0.230 e. The van der Waals surface area contributed by atoms with E-state index in [0.29, 0.717) is 27.6 Å². The van der Waals surface area contributed by atoms with Crippen LogP contribution in [-0.4, -0.2) is 5.91 Å². The van der Waals surface area contributed by atoms with Crippen LogP contribution in [0.2, 0.25) is 10.0 Å². The first kappa shape index (κ1) is 18.5. The third kappa shape index (κ3) is 3.06. The predicted octanol–water partition coefficient (Wildman–Crippen LogP) is 6.78. The molecule has 2 aromatic rings. The van der Waals surface area contributed by atoms with E-state index >= 15 is 0 Å². The number of nitrogens with one attached hydrogen (secondary N) is 1. The number of anilines is 1. The highest BCUT2D eigenvalue weighted by atomic mass is 35.5. The highest BCUT2D eigenvalue weighted by Gasteiger charge is 2.60. The lowest BCUT2D eigenvalue weighted by molar-refractivity contribution is -0.143. The Labute approximate surface area is 176 Å². The molecule has 0 spiro atoms. The molecule has 4 saturated carbocycles. The Morgan fingerprint density at radius 3 is 2.18 bits per heavy atom. The number of carbonyl (C=O) groups excluding carboxylic acids is 1. The second-order valence-corrected chi connectivity index (χ2v) is 10.4. The van der Waals surface area contributed by atoms with E-state index in [0.717, 1.165) is 19.3 Å². The summed E-state index contributed by atoms with van der Waals surface area (Å²) in [6, 6.07) is 14.3. The van der Waals surface area contributed by atoms with Crippen molar-refractivity contribution in [1.82, 2.24) is 0 Å². The zero-order chi connectivity index (χ0) is 19.5. The van der Waals surface area contributed by atoms with E-state index in [1.165, 1.54) is 30.4 Å². The van der Waals surface area contributed by atoms with E-state index in [-0.39, 0.29) is 16.7 Å². The summed E-state index contributed by atoms with van der Waals surface area (Å²) < 4.78 is 0. The number of aryl methyl sites for hydroxylation is 1. The zero-order valence-corrected chi connectivity index (χ0v) is 17.6. The van der Waals surface area contributed by atoms with Gasteiger partial charge >= 0.3 is 0 Å². The molecule has 0 unspecified atom stereocenters. The molecule has 2 nitrogen and oxygen atoms in total. The molecule has 4 fully saturated rings. The Kier molecular flexibility index (Phi) is 4.30. The third-order valence-electron chi connectivity index (χ3n) is 7.33. The summed E-state index contributed by atoms with van der Waals surface area (Å²) in [4.78, 5) is 13.5. The van der Waals surface area contributed by atoms with Crippen molar-refractivity contribution in [2.24, 2.45) is 17.3 Å². The largest absolute Gasteiger partial charge is 0.326 e. The van der Waals surface area contributed by atoms with Gasteiger partial charge < -0.3 is 5.32 Å². The fourth-order valence-corrected chi connectivity index (χ4v) is 7.19. The molecule has 2 aromatic carbocycles. The van der Waals surface area contributed by atoms with Crippen LogP contribution in [0.3, 0.4) is 0 Å². The van der Waals surface area contributed by atoms with Gasteiger partial charge in [0.15, 0.2) is 0 Å². The maximum atomic E-state index is 13.5. The number of benzene rings is 2. The Hall–Kier alpha value is -1.51. The van der Waals surface area contributed by atoms with Crippen LogP contribution in [0.4, 0.5) is 5.69 Å². The van der Waals surface area contributed by atoms with Crippen LogP contribution in [-0.2, 0) is 10.2 Å². The maximum absolute atomic E-state index is 13.5. The first-order valence-corrected chi connectivity index (χ1v) is 11.0. The molecule has 4 aliphatic carbocycles. The molecule has 0 heterocycles. The van der Waals surface area contributed by atoms with Crippen LogP contribution in [0.1, 0.15) is 49.7 Å². The number of carbonyl (C=O) groups is 1. The van der Waals surface area contributed by atoms with Gasteiger partial charge in [0.05, 0.1) is 5.41 Å². The van der Waals surface area contributed by atoms with E-state index in [9.17, 15) is 4.79 Å². The number of amides is 1. The van der Waals surface area contributed by atoms with Crippen molar-refractivity contribution in [1.29, 1.82) is 0 Å². The smallest absolute Gasteiger partial charge is 0.230 e. The minimum absolute atomic E-state index is 0.149. The first-order valence-electron chi connectivity index (χ1n) is 10.2. The van der Waals surface area contributed by atoms with Gasteiger partial charge in [-0.2, -0.15) is 0 Å². The molecule has 1 N–H and O–H groups in total. The van der Waals surface area contributed by atoms with Crippen molar-refractivity contribution in [3.8, 4) is 0 Å². The molecule has 4 aliphatic rings. The van der Waals surface area contributed by atoms with Gasteiger partial charge in [0.25, 0.3) is 0 Å². The number of halogens is 2. The molecule has 0 radical (unpaired) electrons. The second kappa shape index (κ2) is 6.50. The monoisotopic (exact) mass is 413 g/mol. The lowest BCUT2D eigenvalue weighted by Crippen LogP contribution is -2.57. The number of hydrogen-bond donors (Lipinski definition) is 1. The summed E-state index contributed by atoms with van der Waals surface area (Å²) in [5.74, 6) is 1.45. The summed E-state index contributed by atoms with van der Waals surface area (Å²) >= 11 is 12.3. The van der Waals surface area contributed by atoms with Crippen molar-refractivity contribution in [2.75, 3.05) is 5.32 Å². The minimum atomic E-state index is -0.274. The summed E-state index contributed by atoms with van der Waals surface area (Å²) in [6.07, 6.45) is 6.71. The van der Waals surface area contributed by atoms with Gasteiger partial charge in [-0.15, -0.1) is 0 Å². The van der Waals surface area contributed by atoms with Gasteiger partial charge in [-0.05, 0) is 86.5 Å². The molecule has 4 bridgehead atoms. The van der Waals surface area contributed by atoms with Gasteiger partial charge in [-0.3, -0.25) is 4.79 Å². The van der Waals surface area contributed by atoms with Crippen LogP contribution in [0, 0.1) is 24.2 Å². The Morgan fingerprint density at radius 1 is 0.964 bits per heavy atom. The van der Waals surface area contributed by atoms with E-state index in [4.69, 9.17) is 23.2 Å². The van der Waals surface area contributed by atoms with Gasteiger partial charge in [-0.25, -0.2) is 0 Å². The van der Waals surface area contributed by atoms with Crippen molar-refractivity contribution in [2.45, 2.75) is 50.9 Å². The summed E-state index contributed by atoms with van der Waals surface area (Å²) in [6.45, 7) is 2.13. The van der Waals surface area contributed by atoms with Crippen LogP contribution in [0.15, 0.2) is 42.5 Å². The van der Waals surface area contributed by atoms with Crippen LogP contribution in [0.25, 0.3) is 0 Å². The van der Waals surface area contributed by atoms with Gasteiger partial charge in [0, 0.05) is 15.7 Å². The van der Waals surface area contributed by atoms with Gasteiger partial charge in [-0.1, -0.05) is 53.0 Å². The van der Waals surface area contributed by atoms with Crippen molar-refractivity contribution >= 4 is 34.8 Å². The summed E-state index contributed by atoms with van der Waals surface area (Å²) in [5, 5.41) is 4.24. The number of hydrogen-bond acceptors (Lipinski definition) is 1. The Morgan fingerprint density at radius 2 is 1.57 bits per heavy atom. The van der Waals surface area contributed by atoms with Crippen LogP contribution >= 0.6 is 23.2 Å². The molecule has 6 rings (SSSR count). The molecule has 0 aliphatic heterocycles. The second-order valence-electron chi connectivity index (χ2n) is 9.50. The summed E-state index contributed by atoms with van der Waals surface area (Å²) in [5.41, 5.74) is 3.29. The average molecular weight is 414 g/mol. The molecular formula is C24H25Cl2NO. The molecule has 0 saturated heterocycles. The van der Waals surface area contributed by atoms with Crippen molar-refractivity contribution < 1.29 is 4.79 Å². The van der Waals surface area contributed by atoms with Crippen LogP contribution in [0.5, 0.6) is 0 Å². The normalized spacial score (nSPS) is 33.1. The van der Waals surface area contributed by atoms with E-state index < -0.39 is 0 Å². The van der Waals surface area contributed by atoms with E-state index in [1.54, 1.807) is 18.2 Å². The molecule has 1 amide bonds. The molecular weight excluding hydrogens is 389 g/mol. The molecule has 4 heteroatoms. The van der Waals surface area contributed by atoms with Crippen molar-refractivity contribution in [3.05, 3.63) is 63.6 Å². The first-order chi connectivity index (χ1) is 13.4. The van der Waals surface area contributed by atoms with Crippen LogP contribution < -0.4 is 5.32 Å². The predicted molar refractivity (Wildman–Crippen MR) is 115 cm³/mol. The average Bonchev–Trinajstić information content (AvgIpc) is 2.60. The van der Waals surface area contributed by atoms with Crippen molar-refractivity contribution in [3.63, 3.8) is 0 Å². The molecule has 0 aromatic heterocycles. The Balaban J connectivity index is 1.47. The van der Waals surface area contributed by atoms with Gasteiger partial charge in [0.1, 0.15) is 0 Å². The number of rotatable bonds is 3. The highest BCUT2D eigenvalue weighted by Crippen LogP contribution is 2.66. The molecule has 28 heavy (non-hydrogen) atoms. The van der Waals surface area contributed by atoms with E-state index in [2.05, 4.69) is 36.5 Å². The zero-order valence-electron chi connectivity index (χ0n) is 16.1. The molecule has 2 atom stereocenters. The fraction of sp³-hybridized carbons (Fsp3) is 0.458. The minimum Gasteiger partial charge on any atom is -0.326 e. The molecule has 146 valence electrons. The van der Waals surface area contributed by atoms with E-state index in [1.807, 2.05) is 0 Å². The standard InChI is InChI=1S/C24H25Cl2NO/c1-15-2-4-18(5-3-15)23-10-16-6-17(11-23)13-24(12-16,14-23)22(28)27-21-8-19(25)7-20(26)9-21/h2-5,7-9,16-17H,6,10-14H2,1H3,(H,27,28)/t16-,17-,23?,24?/m0/s1. The SMILES string of the molecule is Cc1ccc(C23C[C@@H]4C[C@H](CC(C(=O)Nc5cc(Cl)cc(Cl)c5)(C4)C2)C3)cc1. The lowest BCUT2D eigenvalue weighted by atomic mass is 9.42. The Bertz CT molecular complexity index is 902. The van der Waals surface area contributed by atoms with Gasteiger partial charge in [0.2, 0.25) is 5.91 Å². The quantitative estimate of drug-likeness (QED) is 0.589. The lowest BCUT2D eigenvalue weighted by Gasteiger charge is -2.61. The fourth-order valence-electron chi connectivity index (χ4n) is 6.66. The topological polar surface area (TPSA) is 29.1 Å². The highest BCUT2D eigenvalue weighted by molar-refractivity contribution is 6.35. The summed E-state index contributed by atoms with van der Waals surface area (Å²) in [7, 11) is 0.